The van der Waals surface area contributed by atoms with Crippen LogP contribution in [0.5, 0.6) is 5.75 Å². The molecule has 0 unspecified atom stereocenters. The van der Waals surface area contributed by atoms with Crippen molar-refractivity contribution in [2.24, 2.45) is 0 Å². The topological polar surface area (TPSA) is 115 Å². The lowest BCUT2D eigenvalue weighted by molar-refractivity contribution is -0.119. The zero-order chi connectivity index (χ0) is 27.4. The van der Waals surface area contributed by atoms with Crippen molar-refractivity contribution in [2.45, 2.75) is 0 Å². The molecule has 2 aromatic heterocycles. The molecule has 4 aromatic rings. The summed E-state index contributed by atoms with van der Waals surface area (Å²) >= 11 is 6.48. The van der Waals surface area contributed by atoms with E-state index in [4.69, 9.17) is 16.3 Å². The van der Waals surface area contributed by atoms with E-state index in [9.17, 15) is 9.59 Å². The first-order chi connectivity index (χ1) is 18.2. The van der Waals surface area contributed by atoms with Crippen LogP contribution in [0.3, 0.4) is 0 Å². The van der Waals surface area contributed by atoms with E-state index in [-0.39, 0.29) is 18.4 Å². The number of anilines is 4. The number of carbonyl (C=O) groups is 2. The van der Waals surface area contributed by atoms with Crippen LogP contribution in [-0.2, 0) is 9.59 Å². The SMILES string of the molecule is C=CC(=O)Nc1cc(Nc2ncc(Cl)c(-c3c[nH]c4ccccc34)n2)c(OC)cc1N(C)C(=O)CN(C)C. The van der Waals surface area contributed by atoms with Crippen molar-refractivity contribution < 1.29 is 14.3 Å². The number of H-pyrrole nitrogens is 1. The predicted molar refractivity (Wildman–Crippen MR) is 151 cm³/mol. The molecule has 38 heavy (non-hydrogen) atoms. The minimum absolute atomic E-state index is 0.170. The molecule has 10 nitrogen and oxygen atoms in total. The Bertz CT molecular complexity index is 1520. The van der Waals surface area contributed by atoms with Crippen LogP contribution in [0.4, 0.5) is 23.0 Å². The molecule has 4 rings (SSSR count). The first-order valence-electron chi connectivity index (χ1n) is 11.6. The molecule has 0 aliphatic carbocycles. The van der Waals surface area contributed by atoms with Crippen LogP contribution in [-0.4, -0.2) is 66.5 Å². The number of nitrogens with zero attached hydrogens (tertiary/aromatic N) is 4. The molecule has 0 saturated heterocycles. The summed E-state index contributed by atoms with van der Waals surface area (Å²) in [5.41, 5.74) is 3.63. The molecular weight excluding hydrogens is 506 g/mol. The second-order valence-corrected chi connectivity index (χ2v) is 9.12. The molecule has 0 radical (unpaired) electrons. The first kappa shape index (κ1) is 26.6. The van der Waals surface area contributed by atoms with E-state index in [1.807, 2.05) is 30.5 Å². The van der Waals surface area contributed by atoms with Gasteiger partial charge in [-0.15, -0.1) is 0 Å². The van der Waals surface area contributed by atoms with Gasteiger partial charge >= 0.3 is 0 Å². The summed E-state index contributed by atoms with van der Waals surface area (Å²) in [6, 6.07) is 11.2. The quantitative estimate of drug-likeness (QED) is 0.267. The Morgan fingerprint density at radius 1 is 1.18 bits per heavy atom. The van der Waals surface area contributed by atoms with Gasteiger partial charge in [-0.05, 0) is 32.3 Å². The van der Waals surface area contributed by atoms with E-state index >= 15 is 0 Å². The second kappa shape index (κ2) is 11.3. The fourth-order valence-corrected chi connectivity index (χ4v) is 4.10. The molecule has 0 bridgehead atoms. The highest BCUT2D eigenvalue weighted by Gasteiger charge is 2.21. The van der Waals surface area contributed by atoms with Crippen LogP contribution in [0, 0.1) is 0 Å². The van der Waals surface area contributed by atoms with Crippen molar-refractivity contribution in [1.29, 1.82) is 0 Å². The number of rotatable bonds is 9. The van der Waals surface area contributed by atoms with E-state index < -0.39 is 5.91 Å². The molecule has 0 aliphatic heterocycles. The molecule has 196 valence electrons. The molecule has 0 atom stereocenters. The normalized spacial score (nSPS) is 10.9. The number of halogens is 1. The highest BCUT2D eigenvalue weighted by Crippen LogP contribution is 2.39. The lowest BCUT2D eigenvalue weighted by Gasteiger charge is -2.24. The highest BCUT2D eigenvalue weighted by molar-refractivity contribution is 6.33. The summed E-state index contributed by atoms with van der Waals surface area (Å²) in [4.78, 5) is 40.4. The van der Waals surface area contributed by atoms with Crippen molar-refractivity contribution in [3.05, 3.63) is 66.5 Å². The number of likely N-dealkylation sites (N-methyl/N-ethyl adjacent to an activating group) is 2. The molecular formula is C27H28ClN7O3. The summed E-state index contributed by atoms with van der Waals surface area (Å²) < 4.78 is 5.61. The Kier molecular flexibility index (Phi) is 7.94. The molecule has 0 aliphatic rings. The van der Waals surface area contributed by atoms with Crippen molar-refractivity contribution in [3.8, 4) is 17.0 Å². The van der Waals surface area contributed by atoms with Gasteiger partial charge in [0.05, 0.1) is 47.6 Å². The number of aromatic nitrogens is 3. The Labute approximate surface area is 225 Å². The van der Waals surface area contributed by atoms with Gasteiger partial charge < -0.3 is 30.2 Å². The molecule has 2 heterocycles. The largest absolute Gasteiger partial charge is 0.494 e. The van der Waals surface area contributed by atoms with Crippen molar-refractivity contribution in [1.82, 2.24) is 19.9 Å². The van der Waals surface area contributed by atoms with Crippen LogP contribution in [0.15, 0.2) is 61.4 Å². The molecule has 3 N–H and O–H groups in total. The third-order valence-electron chi connectivity index (χ3n) is 5.78. The van der Waals surface area contributed by atoms with Crippen LogP contribution in [0.25, 0.3) is 22.2 Å². The fraction of sp³-hybridized carbons (Fsp3) is 0.185. The number of amides is 2. The molecule has 11 heteroatoms. The maximum atomic E-state index is 12.8. The lowest BCUT2D eigenvalue weighted by atomic mass is 10.1. The number of fused-ring (bicyclic) bond motifs is 1. The Morgan fingerprint density at radius 3 is 2.66 bits per heavy atom. The van der Waals surface area contributed by atoms with Gasteiger partial charge in [-0.3, -0.25) is 9.59 Å². The number of carbonyl (C=O) groups excluding carboxylic acids is 2. The van der Waals surface area contributed by atoms with Crippen molar-refractivity contribution >= 4 is 57.3 Å². The summed E-state index contributed by atoms with van der Waals surface area (Å²) in [6.45, 7) is 3.70. The summed E-state index contributed by atoms with van der Waals surface area (Å²) in [5.74, 6) is 0.0727. The smallest absolute Gasteiger partial charge is 0.247 e. The number of aromatic amines is 1. The van der Waals surface area contributed by atoms with Gasteiger partial charge in [0.25, 0.3) is 0 Å². The standard InChI is InChI=1S/C27H28ClN7O3/c1-6-24(36)31-20-11-21(23(38-5)12-22(20)35(4)25(37)15-34(2)3)32-27-30-14-18(28)26(33-27)17-13-29-19-10-8-7-9-16(17)19/h6-14,29H,1,15H2,2-5H3,(H,31,36)(H,30,32,33). The zero-order valence-corrected chi connectivity index (χ0v) is 22.3. The molecule has 0 fully saturated rings. The van der Waals surface area contributed by atoms with E-state index in [0.29, 0.717) is 33.5 Å². The first-order valence-corrected chi connectivity index (χ1v) is 12.0. The fourth-order valence-electron chi connectivity index (χ4n) is 3.91. The van der Waals surface area contributed by atoms with Gasteiger partial charge in [0.15, 0.2) is 0 Å². The maximum absolute atomic E-state index is 12.8. The van der Waals surface area contributed by atoms with E-state index in [1.165, 1.54) is 18.2 Å². The summed E-state index contributed by atoms with van der Waals surface area (Å²) in [5, 5.41) is 7.28. The number of ether oxygens (including phenoxy) is 1. The zero-order valence-electron chi connectivity index (χ0n) is 21.5. The minimum Gasteiger partial charge on any atom is -0.494 e. The van der Waals surface area contributed by atoms with E-state index in [0.717, 1.165) is 22.5 Å². The van der Waals surface area contributed by atoms with Gasteiger partial charge in [0.2, 0.25) is 17.8 Å². The average Bonchev–Trinajstić information content (AvgIpc) is 3.33. The lowest BCUT2D eigenvalue weighted by Crippen LogP contribution is -2.35. The van der Waals surface area contributed by atoms with Gasteiger partial charge in [0.1, 0.15) is 5.75 Å². The Hall–Kier alpha value is -4.41. The predicted octanol–water partition coefficient (Wildman–Crippen LogP) is 4.68. The minimum atomic E-state index is -0.430. The van der Waals surface area contributed by atoms with Gasteiger partial charge in [-0.1, -0.05) is 36.4 Å². The van der Waals surface area contributed by atoms with Crippen LogP contribution in [0.2, 0.25) is 5.02 Å². The van der Waals surface area contributed by atoms with Crippen molar-refractivity contribution in [2.75, 3.05) is 50.3 Å². The van der Waals surface area contributed by atoms with Crippen molar-refractivity contribution in [3.63, 3.8) is 0 Å². The van der Waals surface area contributed by atoms with Gasteiger partial charge in [-0.2, -0.15) is 0 Å². The number of hydrogen-bond acceptors (Lipinski definition) is 7. The number of nitrogens with one attached hydrogen (secondary N) is 3. The highest BCUT2D eigenvalue weighted by atomic mass is 35.5. The van der Waals surface area contributed by atoms with Gasteiger partial charge in [0, 0.05) is 35.8 Å². The summed E-state index contributed by atoms with van der Waals surface area (Å²) in [7, 11) is 6.74. The molecule has 0 saturated carbocycles. The number of para-hydroxylation sites is 1. The molecule has 2 aromatic carbocycles. The third kappa shape index (κ3) is 5.61. The third-order valence-corrected chi connectivity index (χ3v) is 6.06. The van der Waals surface area contributed by atoms with Crippen LogP contribution >= 0.6 is 11.6 Å². The molecule has 0 spiro atoms. The van der Waals surface area contributed by atoms with E-state index in [2.05, 4.69) is 32.2 Å². The monoisotopic (exact) mass is 533 g/mol. The average molecular weight is 534 g/mol. The second-order valence-electron chi connectivity index (χ2n) is 8.72. The number of hydrogen-bond donors (Lipinski definition) is 3. The van der Waals surface area contributed by atoms with Gasteiger partial charge in [-0.25, -0.2) is 9.97 Å². The molecule has 2 amide bonds. The Morgan fingerprint density at radius 2 is 1.95 bits per heavy atom. The Balaban J connectivity index is 1.75. The summed E-state index contributed by atoms with van der Waals surface area (Å²) in [6.07, 6.45) is 4.52. The van der Waals surface area contributed by atoms with Crippen LogP contribution in [0.1, 0.15) is 0 Å². The number of benzene rings is 2. The number of methoxy groups -OCH3 is 1. The maximum Gasteiger partial charge on any atom is 0.247 e. The van der Waals surface area contributed by atoms with Crippen LogP contribution < -0.4 is 20.3 Å². The van der Waals surface area contributed by atoms with E-state index in [1.54, 1.807) is 38.2 Å².